The van der Waals surface area contributed by atoms with Crippen molar-refractivity contribution in [1.82, 2.24) is 14.4 Å². The summed E-state index contributed by atoms with van der Waals surface area (Å²) in [6.45, 7) is 7.03. The molecule has 0 spiro atoms. The molecular weight excluding hydrogens is 331 g/mol. The Hall–Kier alpha value is -2.57. The van der Waals surface area contributed by atoms with Crippen molar-refractivity contribution in [3.05, 3.63) is 48.0 Å². The average Bonchev–Trinajstić information content (AvgIpc) is 2.93. The summed E-state index contributed by atoms with van der Waals surface area (Å²) < 4.78 is 48.3. The minimum Gasteiger partial charge on any atom is -0.488 e. The zero-order chi connectivity index (χ0) is 18.4. The summed E-state index contributed by atoms with van der Waals surface area (Å²) in [6, 6.07) is 4.01. The first-order valence-corrected chi connectivity index (χ1v) is 7.75. The molecular formula is C18H18F3N3O. The van der Waals surface area contributed by atoms with E-state index < -0.39 is 17.3 Å². The first-order chi connectivity index (χ1) is 11.6. The summed E-state index contributed by atoms with van der Waals surface area (Å²) in [6.07, 6.45) is 0.161. The van der Waals surface area contributed by atoms with Gasteiger partial charge in [0.05, 0.1) is 23.1 Å². The third-order valence-electron chi connectivity index (χ3n) is 3.60. The Morgan fingerprint density at radius 1 is 1.08 bits per heavy atom. The Labute approximate surface area is 143 Å². The van der Waals surface area contributed by atoms with Crippen molar-refractivity contribution in [2.75, 3.05) is 0 Å². The number of aryl methyl sites for hydroxylation is 1. The number of halogens is 3. The highest BCUT2D eigenvalue weighted by Crippen LogP contribution is 2.40. The van der Waals surface area contributed by atoms with Crippen LogP contribution in [0.25, 0.3) is 16.9 Å². The number of aromatic nitrogens is 3. The maximum Gasteiger partial charge on any atom is 0.417 e. The van der Waals surface area contributed by atoms with Gasteiger partial charge in [-0.05, 0) is 45.9 Å². The molecule has 0 aliphatic carbocycles. The van der Waals surface area contributed by atoms with E-state index in [4.69, 9.17) is 4.74 Å². The molecule has 0 unspecified atom stereocenters. The molecule has 2 aromatic heterocycles. The van der Waals surface area contributed by atoms with Crippen LogP contribution < -0.4 is 4.74 Å². The number of fused-ring (bicyclic) bond motifs is 1. The normalized spacial score (nSPS) is 12.6. The van der Waals surface area contributed by atoms with Gasteiger partial charge in [-0.15, -0.1) is 0 Å². The Balaban J connectivity index is 2.25. The lowest BCUT2D eigenvalue weighted by molar-refractivity contribution is -0.137. The van der Waals surface area contributed by atoms with Crippen molar-refractivity contribution in [3.8, 4) is 17.0 Å². The molecule has 132 valence electrons. The molecule has 0 aliphatic rings. The molecule has 2 heterocycles. The van der Waals surface area contributed by atoms with Gasteiger partial charge in [0.15, 0.2) is 5.65 Å². The van der Waals surface area contributed by atoms with Gasteiger partial charge in [0.2, 0.25) is 0 Å². The number of nitrogens with zero attached hydrogens (tertiary/aromatic N) is 3. The molecule has 3 rings (SSSR count). The minimum absolute atomic E-state index is 0.0439. The van der Waals surface area contributed by atoms with E-state index in [1.807, 2.05) is 0 Å². The van der Waals surface area contributed by atoms with Crippen LogP contribution in [0.3, 0.4) is 0 Å². The van der Waals surface area contributed by atoms with Gasteiger partial charge in [-0.3, -0.25) is 9.38 Å². The SMILES string of the molecule is Cc1ncc2nccn2c1-c1ccc(OC(C)(C)C)cc1C(F)(F)F. The van der Waals surface area contributed by atoms with E-state index in [1.54, 1.807) is 44.4 Å². The monoisotopic (exact) mass is 349 g/mol. The first-order valence-electron chi connectivity index (χ1n) is 7.75. The van der Waals surface area contributed by atoms with E-state index in [2.05, 4.69) is 9.97 Å². The summed E-state index contributed by atoms with van der Waals surface area (Å²) in [5.41, 5.74) is 0.0308. The molecule has 0 fully saturated rings. The molecule has 7 heteroatoms. The topological polar surface area (TPSA) is 39.4 Å². The van der Waals surface area contributed by atoms with Crippen LogP contribution in [0.1, 0.15) is 32.0 Å². The summed E-state index contributed by atoms with van der Waals surface area (Å²) >= 11 is 0. The third-order valence-corrected chi connectivity index (χ3v) is 3.60. The maximum absolute atomic E-state index is 13.7. The molecule has 4 nitrogen and oxygen atoms in total. The molecule has 0 saturated carbocycles. The molecule has 0 N–H and O–H groups in total. The Bertz CT molecular complexity index is 923. The lowest BCUT2D eigenvalue weighted by Crippen LogP contribution is -2.23. The van der Waals surface area contributed by atoms with Gasteiger partial charge < -0.3 is 4.74 Å². The van der Waals surface area contributed by atoms with Crippen LogP contribution in [0, 0.1) is 6.92 Å². The van der Waals surface area contributed by atoms with Crippen molar-refractivity contribution < 1.29 is 17.9 Å². The van der Waals surface area contributed by atoms with E-state index >= 15 is 0 Å². The molecule has 0 aliphatic heterocycles. The predicted octanol–water partition coefficient (Wildman–Crippen LogP) is 4.90. The second kappa shape index (κ2) is 5.75. The summed E-state index contributed by atoms with van der Waals surface area (Å²) in [5.74, 6) is 0.173. The summed E-state index contributed by atoms with van der Waals surface area (Å²) in [7, 11) is 0. The molecule has 0 amide bonds. The quantitative estimate of drug-likeness (QED) is 0.660. The molecule has 1 aromatic carbocycles. The van der Waals surface area contributed by atoms with Crippen LogP contribution in [0.5, 0.6) is 5.75 Å². The molecule has 0 bridgehead atoms. The number of benzene rings is 1. The highest BCUT2D eigenvalue weighted by molar-refractivity contribution is 5.70. The zero-order valence-electron chi connectivity index (χ0n) is 14.3. The van der Waals surface area contributed by atoms with Gasteiger partial charge >= 0.3 is 6.18 Å². The van der Waals surface area contributed by atoms with Gasteiger partial charge in [-0.25, -0.2) is 4.98 Å². The van der Waals surface area contributed by atoms with Gasteiger partial charge in [-0.1, -0.05) is 0 Å². The van der Waals surface area contributed by atoms with Crippen LogP contribution in [-0.2, 0) is 6.18 Å². The lowest BCUT2D eigenvalue weighted by Gasteiger charge is -2.23. The molecule has 25 heavy (non-hydrogen) atoms. The second-order valence-corrected chi connectivity index (χ2v) is 6.77. The highest BCUT2D eigenvalue weighted by Gasteiger charge is 2.35. The van der Waals surface area contributed by atoms with Crippen LogP contribution in [0.15, 0.2) is 36.8 Å². The Kier molecular flexibility index (Phi) is 3.97. The first kappa shape index (κ1) is 17.3. The van der Waals surface area contributed by atoms with E-state index in [0.29, 0.717) is 17.0 Å². The largest absolute Gasteiger partial charge is 0.488 e. The fraction of sp³-hybridized carbons (Fsp3) is 0.333. The second-order valence-electron chi connectivity index (χ2n) is 6.77. The average molecular weight is 349 g/mol. The van der Waals surface area contributed by atoms with E-state index in [9.17, 15) is 13.2 Å². The predicted molar refractivity (Wildman–Crippen MR) is 88.5 cm³/mol. The number of imidazole rings is 1. The van der Waals surface area contributed by atoms with Crippen LogP contribution in [0.4, 0.5) is 13.2 Å². The van der Waals surface area contributed by atoms with Gasteiger partial charge in [0.1, 0.15) is 11.4 Å². The fourth-order valence-corrected chi connectivity index (χ4v) is 2.70. The number of hydrogen-bond acceptors (Lipinski definition) is 3. The van der Waals surface area contributed by atoms with Crippen LogP contribution in [0.2, 0.25) is 0 Å². The van der Waals surface area contributed by atoms with Crippen molar-refractivity contribution in [1.29, 1.82) is 0 Å². The summed E-state index contributed by atoms with van der Waals surface area (Å²) in [4.78, 5) is 8.28. The number of ether oxygens (including phenoxy) is 1. The van der Waals surface area contributed by atoms with Gasteiger partial charge in [0.25, 0.3) is 0 Å². The Morgan fingerprint density at radius 2 is 1.80 bits per heavy atom. The van der Waals surface area contributed by atoms with Crippen LogP contribution in [-0.4, -0.2) is 20.0 Å². The number of rotatable bonds is 2. The standard InChI is InChI=1S/C18H18F3N3O/c1-11-16(24-8-7-22-15(24)10-23-11)13-6-5-12(25-17(2,3)4)9-14(13)18(19,20)21/h5-10H,1-4H3. The zero-order valence-corrected chi connectivity index (χ0v) is 14.3. The maximum atomic E-state index is 13.7. The minimum atomic E-state index is -4.53. The number of hydrogen-bond donors (Lipinski definition) is 0. The van der Waals surface area contributed by atoms with E-state index in [-0.39, 0.29) is 11.3 Å². The smallest absolute Gasteiger partial charge is 0.417 e. The van der Waals surface area contributed by atoms with E-state index in [0.717, 1.165) is 6.07 Å². The molecule has 0 atom stereocenters. The molecule has 0 radical (unpaired) electrons. The third kappa shape index (κ3) is 3.45. The lowest BCUT2D eigenvalue weighted by atomic mass is 10.0. The van der Waals surface area contributed by atoms with Crippen LogP contribution >= 0.6 is 0 Å². The highest BCUT2D eigenvalue weighted by atomic mass is 19.4. The van der Waals surface area contributed by atoms with Crippen molar-refractivity contribution in [3.63, 3.8) is 0 Å². The molecule has 3 aromatic rings. The van der Waals surface area contributed by atoms with Gasteiger partial charge in [0, 0.05) is 18.0 Å². The summed E-state index contributed by atoms with van der Waals surface area (Å²) in [5, 5.41) is 0. The van der Waals surface area contributed by atoms with Crippen molar-refractivity contribution >= 4 is 5.65 Å². The van der Waals surface area contributed by atoms with E-state index in [1.165, 1.54) is 18.5 Å². The Morgan fingerprint density at radius 3 is 2.44 bits per heavy atom. The number of alkyl halides is 3. The fourth-order valence-electron chi connectivity index (χ4n) is 2.70. The van der Waals surface area contributed by atoms with Crippen molar-refractivity contribution in [2.24, 2.45) is 0 Å². The van der Waals surface area contributed by atoms with Crippen molar-refractivity contribution in [2.45, 2.75) is 39.5 Å². The van der Waals surface area contributed by atoms with Gasteiger partial charge in [-0.2, -0.15) is 13.2 Å². The molecule has 0 saturated heterocycles.